The molecule has 0 saturated carbocycles. The number of anilines is 1. The number of ether oxygens (including phenoxy) is 1. The normalized spacial score (nSPS) is 13.7. The highest BCUT2D eigenvalue weighted by Crippen LogP contribution is 2.31. The molecule has 0 aliphatic rings. The van der Waals surface area contributed by atoms with Gasteiger partial charge in [-0.15, -0.1) is 0 Å². The van der Waals surface area contributed by atoms with Crippen LogP contribution in [-0.4, -0.2) is 46.2 Å². The van der Waals surface area contributed by atoms with E-state index in [9.17, 15) is 14.4 Å². The molecule has 8 heteroatoms. The van der Waals surface area contributed by atoms with E-state index < -0.39 is 29.7 Å². The molecule has 2 aromatic carbocycles. The number of hydrogen-bond donors (Lipinski definition) is 3. The first-order valence-corrected chi connectivity index (χ1v) is 13.7. The zero-order valence-electron chi connectivity index (χ0n) is 24.1. The first-order valence-electron chi connectivity index (χ1n) is 13.1. The Balaban J connectivity index is 2.62. The summed E-state index contributed by atoms with van der Waals surface area (Å²) in [5.41, 5.74) is 4.46. The molecule has 7 nitrogen and oxygen atoms in total. The van der Waals surface area contributed by atoms with Gasteiger partial charge < -0.3 is 20.3 Å². The molecule has 0 radical (unpaired) electrons. The van der Waals surface area contributed by atoms with Gasteiger partial charge in [0.2, 0.25) is 5.91 Å². The molecular formula is C30H43N3O4S. The van der Waals surface area contributed by atoms with Gasteiger partial charge in [-0.1, -0.05) is 48.9 Å². The summed E-state index contributed by atoms with van der Waals surface area (Å²) >= 11 is 4.37. The minimum Gasteiger partial charge on any atom is -0.444 e. The summed E-state index contributed by atoms with van der Waals surface area (Å²) in [7, 11) is 0. The van der Waals surface area contributed by atoms with Crippen LogP contribution < -0.4 is 10.6 Å². The molecule has 2 N–H and O–H groups in total. The van der Waals surface area contributed by atoms with Crippen molar-refractivity contribution in [2.45, 2.75) is 92.5 Å². The van der Waals surface area contributed by atoms with Gasteiger partial charge in [0, 0.05) is 17.5 Å². The fourth-order valence-corrected chi connectivity index (χ4v) is 4.53. The third kappa shape index (κ3) is 8.00. The Morgan fingerprint density at radius 1 is 1.00 bits per heavy atom. The number of amides is 3. The predicted octanol–water partition coefficient (Wildman–Crippen LogP) is 6.05. The Kier molecular flexibility index (Phi) is 10.8. The number of carbonyl (C=O) groups excluding carboxylic acids is 3. The maximum absolute atomic E-state index is 14.1. The molecule has 208 valence electrons. The minimum atomic E-state index is -0.984. The zero-order valence-corrected chi connectivity index (χ0v) is 25.0. The zero-order chi connectivity index (χ0) is 28.8. The van der Waals surface area contributed by atoms with Gasteiger partial charge in [0.05, 0.1) is 0 Å². The topological polar surface area (TPSA) is 87.7 Å². The van der Waals surface area contributed by atoms with E-state index in [-0.39, 0.29) is 17.7 Å². The van der Waals surface area contributed by atoms with Crippen LogP contribution >= 0.6 is 12.6 Å². The molecule has 2 aromatic rings. The van der Waals surface area contributed by atoms with Crippen LogP contribution in [0.4, 0.5) is 10.5 Å². The van der Waals surface area contributed by atoms with E-state index in [0.717, 1.165) is 33.5 Å². The van der Waals surface area contributed by atoms with Crippen LogP contribution in [0.1, 0.15) is 74.9 Å². The molecule has 38 heavy (non-hydrogen) atoms. The number of alkyl carbamates (subject to hydrolysis) is 1. The maximum atomic E-state index is 14.1. The van der Waals surface area contributed by atoms with Crippen LogP contribution in [0.3, 0.4) is 0 Å². The van der Waals surface area contributed by atoms with E-state index in [0.29, 0.717) is 6.42 Å². The van der Waals surface area contributed by atoms with Gasteiger partial charge >= 0.3 is 6.09 Å². The maximum Gasteiger partial charge on any atom is 0.408 e. The fourth-order valence-electron chi connectivity index (χ4n) is 4.29. The Hall–Kier alpha value is -3.00. The van der Waals surface area contributed by atoms with Gasteiger partial charge in [-0.25, -0.2) is 4.79 Å². The van der Waals surface area contributed by atoms with E-state index in [4.69, 9.17) is 4.74 Å². The molecule has 0 aliphatic carbocycles. The summed E-state index contributed by atoms with van der Waals surface area (Å²) < 4.78 is 5.39. The molecule has 3 unspecified atom stereocenters. The number of hydrogen-bond acceptors (Lipinski definition) is 5. The second-order valence-electron chi connectivity index (χ2n) is 10.9. The Labute approximate surface area is 233 Å². The molecule has 0 heterocycles. The SMILES string of the molecule is CCC(C)N(C(=O)C(CS)NC(=O)OC(C)(C)C)C(C(=O)Nc1c(C)cccc1C)c1cc(C)ccc1C. The lowest BCUT2D eigenvalue weighted by molar-refractivity contribution is -0.143. The largest absolute Gasteiger partial charge is 0.444 e. The second-order valence-corrected chi connectivity index (χ2v) is 11.3. The summed E-state index contributed by atoms with van der Waals surface area (Å²) in [5.74, 6) is -0.675. The van der Waals surface area contributed by atoms with Crippen LogP contribution in [0.2, 0.25) is 0 Å². The van der Waals surface area contributed by atoms with Gasteiger partial charge in [0.15, 0.2) is 0 Å². The first-order chi connectivity index (χ1) is 17.7. The van der Waals surface area contributed by atoms with E-state index in [1.807, 2.05) is 77.9 Å². The van der Waals surface area contributed by atoms with Crippen LogP contribution in [0.25, 0.3) is 0 Å². The van der Waals surface area contributed by atoms with Crippen molar-refractivity contribution in [2.24, 2.45) is 0 Å². The number of nitrogens with one attached hydrogen (secondary N) is 2. The van der Waals surface area contributed by atoms with Crippen molar-refractivity contribution >= 4 is 36.2 Å². The van der Waals surface area contributed by atoms with Crippen molar-refractivity contribution in [1.29, 1.82) is 0 Å². The number of rotatable bonds is 9. The highest BCUT2D eigenvalue weighted by molar-refractivity contribution is 7.80. The molecule has 0 spiro atoms. The molecule has 3 amide bonds. The Morgan fingerprint density at radius 2 is 1.61 bits per heavy atom. The van der Waals surface area contributed by atoms with Gasteiger partial charge in [-0.05, 0) is 84.1 Å². The van der Waals surface area contributed by atoms with Crippen LogP contribution in [0.15, 0.2) is 36.4 Å². The number of para-hydroxylation sites is 1. The van der Waals surface area contributed by atoms with E-state index >= 15 is 0 Å². The number of carbonyl (C=O) groups is 3. The van der Waals surface area contributed by atoms with Crippen LogP contribution in [0, 0.1) is 27.7 Å². The molecule has 0 bridgehead atoms. The van der Waals surface area contributed by atoms with E-state index in [1.54, 1.807) is 25.7 Å². The third-order valence-electron chi connectivity index (χ3n) is 6.48. The van der Waals surface area contributed by atoms with Crippen molar-refractivity contribution < 1.29 is 19.1 Å². The second kappa shape index (κ2) is 13.2. The molecule has 0 aromatic heterocycles. The number of benzene rings is 2. The van der Waals surface area contributed by atoms with E-state index in [1.165, 1.54) is 0 Å². The molecule has 0 aliphatic heterocycles. The summed E-state index contributed by atoms with van der Waals surface area (Å²) in [6.07, 6.45) is -0.104. The highest BCUT2D eigenvalue weighted by atomic mass is 32.1. The Morgan fingerprint density at radius 3 is 2.13 bits per heavy atom. The number of thiol groups is 1. The van der Waals surface area contributed by atoms with Gasteiger partial charge in [0.1, 0.15) is 17.7 Å². The fraction of sp³-hybridized carbons (Fsp3) is 0.500. The molecule has 0 fully saturated rings. The lowest BCUT2D eigenvalue weighted by Gasteiger charge is -2.38. The van der Waals surface area contributed by atoms with Crippen molar-refractivity contribution in [1.82, 2.24) is 10.2 Å². The van der Waals surface area contributed by atoms with Crippen molar-refractivity contribution in [3.63, 3.8) is 0 Å². The summed E-state index contributed by atoms with van der Waals surface area (Å²) in [4.78, 5) is 42.4. The van der Waals surface area contributed by atoms with Crippen molar-refractivity contribution in [3.05, 3.63) is 64.2 Å². The summed E-state index contributed by atoms with van der Waals surface area (Å²) in [5, 5.41) is 5.76. The quantitative estimate of drug-likeness (QED) is 0.337. The number of aryl methyl sites for hydroxylation is 4. The van der Waals surface area contributed by atoms with Gasteiger partial charge in [-0.3, -0.25) is 9.59 Å². The molecular weight excluding hydrogens is 498 g/mol. The molecule has 2 rings (SSSR count). The van der Waals surface area contributed by atoms with E-state index in [2.05, 4.69) is 23.3 Å². The van der Waals surface area contributed by atoms with Crippen molar-refractivity contribution in [2.75, 3.05) is 11.1 Å². The summed E-state index contributed by atoms with van der Waals surface area (Å²) in [6.45, 7) is 16.9. The smallest absolute Gasteiger partial charge is 0.408 e. The summed E-state index contributed by atoms with van der Waals surface area (Å²) in [6, 6.07) is 9.49. The molecule has 0 saturated heterocycles. The predicted molar refractivity (Wildman–Crippen MR) is 157 cm³/mol. The van der Waals surface area contributed by atoms with Crippen LogP contribution in [0.5, 0.6) is 0 Å². The monoisotopic (exact) mass is 541 g/mol. The molecule has 3 atom stereocenters. The average Bonchev–Trinajstić information content (AvgIpc) is 2.83. The average molecular weight is 542 g/mol. The third-order valence-corrected chi connectivity index (χ3v) is 6.84. The first kappa shape index (κ1) is 31.2. The van der Waals surface area contributed by atoms with Crippen molar-refractivity contribution in [3.8, 4) is 0 Å². The number of nitrogens with zero attached hydrogens (tertiary/aromatic N) is 1. The minimum absolute atomic E-state index is 0.0447. The standard InChI is InChI=1S/C30H43N3O4S/c1-10-22(6)33(28(35)24(17-38)31-29(36)37-30(7,8)9)26(23-16-18(2)14-15-19(23)3)27(34)32-25-20(4)12-11-13-21(25)5/h11-16,22,24,26,38H,10,17H2,1-9H3,(H,31,36)(H,32,34). The lowest BCUT2D eigenvalue weighted by Crippen LogP contribution is -2.55. The Bertz CT molecular complexity index is 1140. The van der Waals surface area contributed by atoms with Crippen LogP contribution in [-0.2, 0) is 14.3 Å². The lowest BCUT2D eigenvalue weighted by atomic mass is 9.94. The van der Waals surface area contributed by atoms with Gasteiger partial charge in [0.25, 0.3) is 5.91 Å². The van der Waals surface area contributed by atoms with Gasteiger partial charge in [-0.2, -0.15) is 12.6 Å². The highest BCUT2D eigenvalue weighted by Gasteiger charge is 2.39.